The Balaban J connectivity index is 1.99. The summed E-state index contributed by atoms with van der Waals surface area (Å²) in [4.78, 5) is 5.58. The maximum absolute atomic E-state index is 5.78. The first-order chi connectivity index (χ1) is 10.1. The highest BCUT2D eigenvalue weighted by Crippen LogP contribution is 2.22. The molecule has 2 N–H and O–H groups in total. The van der Waals surface area contributed by atoms with Crippen molar-refractivity contribution in [3.63, 3.8) is 0 Å². The van der Waals surface area contributed by atoms with Crippen molar-refractivity contribution in [2.45, 2.75) is 39.5 Å². The summed E-state index contributed by atoms with van der Waals surface area (Å²) in [7, 11) is 1.66. The third-order valence-corrected chi connectivity index (χ3v) is 4.29. The van der Waals surface area contributed by atoms with E-state index in [4.69, 9.17) is 15.2 Å². The average molecular weight is 306 g/mol. The number of hydrogen-bond acceptors (Lipinski definition) is 5. The summed E-state index contributed by atoms with van der Waals surface area (Å²) in [6.45, 7) is 5.79. The van der Waals surface area contributed by atoms with Gasteiger partial charge in [0.15, 0.2) is 0 Å². The Morgan fingerprint density at radius 2 is 1.90 bits per heavy atom. The molecular formula is C16H22N2O2S. The largest absolute Gasteiger partial charge is 0.486 e. The van der Waals surface area contributed by atoms with E-state index in [-0.39, 0.29) is 0 Å². The normalized spacial score (nSPS) is 11.1. The summed E-state index contributed by atoms with van der Waals surface area (Å²) >= 11 is 1.59. The molecule has 21 heavy (non-hydrogen) atoms. The molecule has 0 spiro atoms. The molecular weight excluding hydrogens is 284 g/mol. The van der Waals surface area contributed by atoms with Crippen molar-refractivity contribution >= 4 is 11.3 Å². The predicted molar refractivity (Wildman–Crippen MR) is 85.6 cm³/mol. The lowest BCUT2D eigenvalue weighted by atomic mass is 10.0. The van der Waals surface area contributed by atoms with Gasteiger partial charge in [-0.05, 0) is 23.6 Å². The number of nitrogens with zero attached hydrogens (tertiary/aromatic N) is 1. The lowest BCUT2D eigenvalue weighted by Crippen LogP contribution is -1.99. The highest BCUT2D eigenvalue weighted by atomic mass is 32.1. The van der Waals surface area contributed by atoms with Gasteiger partial charge < -0.3 is 15.2 Å². The number of methoxy groups -OCH3 is 1. The van der Waals surface area contributed by atoms with Gasteiger partial charge in [0.05, 0.1) is 12.3 Å². The second-order valence-electron chi connectivity index (χ2n) is 5.13. The zero-order chi connectivity index (χ0) is 15.2. The number of benzene rings is 1. The minimum Gasteiger partial charge on any atom is -0.486 e. The van der Waals surface area contributed by atoms with Gasteiger partial charge in [0.25, 0.3) is 0 Å². The van der Waals surface area contributed by atoms with Crippen LogP contribution in [0.15, 0.2) is 24.3 Å². The number of thiazole rings is 1. The Kier molecular flexibility index (Phi) is 5.73. The Hall–Kier alpha value is -1.43. The molecule has 2 rings (SSSR count). The van der Waals surface area contributed by atoms with Gasteiger partial charge in [-0.3, -0.25) is 0 Å². The van der Waals surface area contributed by atoms with E-state index in [9.17, 15) is 0 Å². The van der Waals surface area contributed by atoms with Crippen molar-refractivity contribution < 1.29 is 9.47 Å². The molecule has 0 unspecified atom stereocenters. The van der Waals surface area contributed by atoms with Gasteiger partial charge in [-0.1, -0.05) is 26.0 Å². The summed E-state index contributed by atoms with van der Waals surface area (Å²) in [6, 6.07) is 8.21. The molecule has 4 nitrogen and oxygen atoms in total. The van der Waals surface area contributed by atoms with E-state index in [1.165, 1.54) is 5.56 Å². The first-order valence-electron chi connectivity index (χ1n) is 7.03. The zero-order valence-electron chi connectivity index (χ0n) is 12.8. The number of aromatic nitrogens is 1. The molecule has 0 aliphatic heterocycles. The highest BCUT2D eigenvalue weighted by Gasteiger charge is 2.10. The van der Waals surface area contributed by atoms with E-state index in [0.717, 1.165) is 21.3 Å². The van der Waals surface area contributed by atoms with Crippen molar-refractivity contribution in [2.24, 2.45) is 5.73 Å². The van der Waals surface area contributed by atoms with Crippen LogP contribution in [-0.2, 0) is 24.5 Å². The lowest BCUT2D eigenvalue weighted by molar-refractivity contribution is 0.181. The predicted octanol–water partition coefficient (Wildman–Crippen LogP) is 3.45. The summed E-state index contributed by atoms with van der Waals surface area (Å²) in [5.74, 6) is 1.39. The molecule has 114 valence electrons. The van der Waals surface area contributed by atoms with Crippen LogP contribution in [0.4, 0.5) is 0 Å². The van der Waals surface area contributed by atoms with E-state index in [1.807, 2.05) is 12.1 Å². The summed E-state index contributed by atoms with van der Waals surface area (Å²) < 4.78 is 10.9. The monoisotopic (exact) mass is 306 g/mol. The van der Waals surface area contributed by atoms with E-state index in [2.05, 4.69) is 31.0 Å². The molecule has 0 atom stereocenters. The van der Waals surface area contributed by atoms with Crippen molar-refractivity contribution in [3.05, 3.63) is 45.4 Å². The van der Waals surface area contributed by atoms with Crippen molar-refractivity contribution in [3.8, 4) is 5.75 Å². The van der Waals surface area contributed by atoms with E-state index >= 15 is 0 Å². The molecule has 0 radical (unpaired) electrons. The summed E-state index contributed by atoms with van der Waals surface area (Å²) in [5, 5.41) is 0.926. The van der Waals surface area contributed by atoms with Gasteiger partial charge in [-0.2, -0.15) is 0 Å². The Morgan fingerprint density at radius 1 is 1.19 bits per heavy atom. The molecule has 1 aromatic heterocycles. The molecule has 0 aliphatic rings. The summed E-state index contributed by atoms with van der Waals surface area (Å²) in [6.07, 6.45) is 0. The first kappa shape index (κ1) is 15.9. The van der Waals surface area contributed by atoms with Crippen LogP contribution in [0.25, 0.3) is 0 Å². The molecule has 0 saturated heterocycles. The molecule has 0 bridgehead atoms. The summed E-state index contributed by atoms with van der Waals surface area (Å²) in [5.41, 5.74) is 7.95. The Bertz CT molecular complexity index is 564. The molecule has 0 saturated carbocycles. The highest BCUT2D eigenvalue weighted by molar-refractivity contribution is 7.11. The second kappa shape index (κ2) is 7.54. The number of nitrogens with two attached hydrogens (primary N) is 1. The maximum atomic E-state index is 5.78. The third-order valence-electron chi connectivity index (χ3n) is 3.20. The number of hydrogen-bond donors (Lipinski definition) is 1. The minimum absolute atomic E-state index is 0.461. The number of ether oxygens (including phenoxy) is 2. The van der Waals surface area contributed by atoms with Crippen LogP contribution in [0.2, 0.25) is 0 Å². The van der Waals surface area contributed by atoms with Crippen LogP contribution in [0.3, 0.4) is 0 Å². The van der Waals surface area contributed by atoms with E-state index in [1.54, 1.807) is 18.4 Å². The van der Waals surface area contributed by atoms with E-state index in [0.29, 0.717) is 25.7 Å². The molecule has 1 heterocycles. The van der Waals surface area contributed by atoms with Gasteiger partial charge in [0, 0.05) is 18.5 Å². The standard InChI is InChI=1S/C16H22N2O2S/c1-11(2)12-4-6-13(7-5-12)20-10-16-18-14(9-19-3)15(8-17)21-16/h4-7,11H,8-10,17H2,1-3H3. The molecule has 5 heteroatoms. The van der Waals surface area contributed by atoms with Crippen LogP contribution in [0, 0.1) is 0 Å². The van der Waals surface area contributed by atoms with Gasteiger partial charge in [0.1, 0.15) is 17.4 Å². The van der Waals surface area contributed by atoms with Gasteiger partial charge in [0.2, 0.25) is 0 Å². The van der Waals surface area contributed by atoms with Gasteiger partial charge in [-0.25, -0.2) is 4.98 Å². The Labute approximate surface area is 129 Å². The smallest absolute Gasteiger partial charge is 0.140 e. The van der Waals surface area contributed by atoms with Crippen molar-refractivity contribution in [1.82, 2.24) is 4.98 Å². The average Bonchev–Trinajstić information content (AvgIpc) is 2.88. The van der Waals surface area contributed by atoms with Crippen molar-refractivity contribution in [1.29, 1.82) is 0 Å². The lowest BCUT2D eigenvalue weighted by Gasteiger charge is -2.07. The van der Waals surface area contributed by atoms with Crippen LogP contribution >= 0.6 is 11.3 Å². The van der Waals surface area contributed by atoms with Crippen LogP contribution < -0.4 is 10.5 Å². The second-order valence-corrected chi connectivity index (χ2v) is 6.30. The molecule has 0 aliphatic carbocycles. The van der Waals surface area contributed by atoms with Crippen molar-refractivity contribution in [2.75, 3.05) is 7.11 Å². The molecule has 2 aromatic rings. The minimum atomic E-state index is 0.461. The van der Waals surface area contributed by atoms with Crippen LogP contribution in [0.1, 0.15) is 40.9 Å². The number of rotatable bonds is 7. The van der Waals surface area contributed by atoms with Crippen LogP contribution in [0.5, 0.6) is 5.75 Å². The van der Waals surface area contributed by atoms with Gasteiger partial charge in [-0.15, -0.1) is 11.3 Å². The van der Waals surface area contributed by atoms with Crippen LogP contribution in [-0.4, -0.2) is 12.1 Å². The maximum Gasteiger partial charge on any atom is 0.140 e. The first-order valence-corrected chi connectivity index (χ1v) is 7.85. The zero-order valence-corrected chi connectivity index (χ0v) is 13.6. The third kappa shape index (κ3) is 4.27. The topological polar surface area (TPSA) is 57.4 Å². The Morgan fingerprint density at radius 3 is 2.48 bits per heavy atom. The fraction of sp³-hybridized carbons (Fsp3) is 0.438. The molecule has 0 fully saturated rings. The SMILES string of the molecule is COCc1nc(COc2ccc(C(C)C)cc2)sc1CN. The quantitative estimate of drug-likeness (QED) is 0.851. The van der Waals surface area contributed by atoms with E-state index < -0.39 is 0 Å². The molecule has 0 amide bonds. The van der Waals surface area contributed by atoms with Gasteiger partial charge >= 0.3 is 0 Å². The fourth-order valence-corrected chi connectivity index (χ4v) is 2.87. The fourth-order valence-electron chi connectivity index (χ4n) is 2.00. The molecule has 1 aromatic carbocycles.